The highest BCUT2D eigenvalue weighted by Crippen LogP contribution is 2.00. The third-order valence-corrected chi connectivity index (χ3v) is 1.65. The highest BCUT2D eigenvalue weighted by Gasteiger charge is 2.03. The normalized spacial score (nSPS) is 9.00. The van der Waals surface area contributed by atoms with Gasteiger partial charge in [-0.2, -0.15) is 13.9 Å². The number of hydrogen-bond acceptors (Lipinski definition) is 1. The molecule has 1 heterocycles. The van der Waals surface area contributed by atoms with Gasteiger partial charge in [0.25, 0.3) is 0 Å². The SMILES string of the molecule is Cn1cc(Br)c[n+](C)c1=O.[Br-]. The fourth-order valence-corrected chi connectivity index (χ4v) is 1.38. The molecule has 1 aromatic rings. The van der Waals surface area contributed by atoms with E-state index in [1.807, 2.05) is 0 Å². The van der Waals surface area contributed by atoms with Crippen molar-refractivity contribution in [3.8, 4) is 0 Å². The van der Waals surface area contributed by atoms with Crippen LogP contribution >= 0.6 is 15.9 Å². The van der Waals surface area contributed by atoms with E-state index in [4.69, 9.17) is 0 Å². The van der Waals surface area contributed by atoms with Crippen molar-refractivity contribution in [2.45, 2.75) is 0 Å². The van der Waals surface area contributed by atoms with E-state index in [0.717, 1.165) is 4.47 Å². The Morgan fingerprint density at radius 1 is 1.64 bits per heavy atom. The molecule has 1 aromatic heterocycles. The molecule has 0 unspecified atom stereocenters. The van der Waals surface area contributed by atoms with Crippen molar-refractivity contribution in [1.29, 1.82) is 0 Å². The van der Waals surface area contributed by atoms with Crippen molar-refractivity contribution in [2.24, 2.45) is 14.1 Å². The van der Waals surface area contributed by atoms with Gasteiger partial charge in [0.05, 0.1) is 18.6 Å². The average molecular weight is 284 g/mol. The lowest BCUT2D eigenvalue weighted by Crippen LogP contribution is -3.00. The van der Waals surface area contributed by atoms with Gasteiger partial charge in [0, 0.05) is 0 Å². The van der Waals surface area contributed by atoms with Gasteiger partial charge in [0.15, 0.2) is 0 Å². The lowest BCUT2D eigenvalue weighted by Gasteiger charge is -1.92. The molecule has 3 nitrogen and oxygen atoms in total. The molecule has 0 N–H and O–H groups in total. The number of hydrogen-bond donors (Lipinski definition) is 0. The molecule has 0 saturated carbocycles. The predicted octanol–water partition coefficient (Wildman–Crippen LogP) is -3.02. The molecule has 5 heteroatoms. The van der Waals surface area contributed by atoms with Crippen molar-refractivity contribution >= 4 is 15.9 Å². The second kappa shape index (κ2) is 4.01. The molecule has 0 spiro atoms. The molecule has 0 aliphatic heterocycles. The Hall–Kier alpha value is -0.160. The van der Waals surface area contributed by atoms with Crippen LogP contribution in [0.1, 0.15) is 0 Å². The summed E-state index contributed by atoms with van der Waals surface area (Å²) in [6.07, 6.45) is 3.45. The Bertz CT molecular complexity index is 282. The first-order valence-electron chi connectivity index (χ1n) is 2.83. The van der Waals surface area contributed by atoms with Gasteiger partial charge >= 0.3 is 5.69 Å². The van der Waals surface area contributed by atoms with Crippen LogP contribution in [-0.4, -0.2) is 4.57 Å². The summed E-state index contributed by atoms with van der Waals surface area (Å²) in [6, 6.07) is 0. The van der Waals surface area contributed by atoms with Crippen LogP contribution < -0.4 is 27.2 Å². The maximum absolute atomic E-state index is 11.0. The van der Waals surface area contributed by atoms with Crippen molar-refractivity contribution in [3.05, 3.63) is 27.4 Å². The van der Waals surface area contributed by atoms with E-state index >= 15 is 0 Å². The second-order valence-corrected chi connectivity index (χ2v) is 3.06. The largest absolute Gasteiger partial charge is 1.00 e. The molecule has 0 aliphatic carbocycles. The standard InChI is InChI=1S/C6H8BrN2O.BrH/c1-8-3-5(7)4-9(2)6(8)10;/h3-4H,1-2H3;1H/q+1;/p-1. The highest BCUT2D eigenvalue weighted by molar-refractivity contribution is 9.10. The van der Waals surface area contributed by atoms with E-state index in [9.17, 15) is 4.79 Å². The molecule has 0 fully saturated rings. The first kappa shape index (κ1) is 10.8. The lowest BCUT2D eigenvalue weighted by atomic mass is 10.6. The molecule has 0 bridgehead atoms. The molecular formula is C6H8Br2N2O. The molecule has 0 amide bonds. The van der Waals surface area contributed by atoms with Crippen LogP contribution in [0.25, 0.3) is 0 Å². The zero-order chi connectivity index (χ0) is 7.72. The van der Waals surface area contributed by atoms with Gasteiger partial charge in [-0.05, 0) is 15.9 Å². The summed E-state index contributed by atoms with van der Waals surface area (Å²) in [5, 5.41) is 0. The van der Waals surface area contributed by atoms with E-state index in [1.54, 1.807) is 26.5 Å². The minimum absolute atomic E-state index is 0. The molecule has 0 radical (unpaired) electrons. The fourth-order valence-electron chi connectivity index (χ4n) is 0.763. The molecular weight excluding hydrogens is 276 g/mol. The van der Waals surface area contributed by atoms with Crippen molar-refractivity contribution < 1.29 is 21.5 Å². The van der Waals surface area contributed by atoms with E-state index in [-0.39, 0.29) is 22.7 Å². The van der Waals surface area contributed by atoms with Gasteiger partial charge < -0.3 is 17.0 Å². The zero-order valence-corrected chi connectivity index (χ0v) is 9.39. The van der Waals surface area contributed by atoms with Crippen LogP contribution in [-0.2, 0) is 14.1 Å². The molecule has 0 atom stereocenters. The van der Waals surface area contributed by atoms with Crippen molar-refractivity contribution in [3.63, 3.8) is 0 Å². The smallest absolute Gasteiger partial charge is 0.497 e. The zero-order valence-electron chi connectivity index (χ0n) is 6.21. The number of rotatable bonds is 0. The summed E-state index contributed by atoms with van der Waals surface area (Å²) in [7, 11) is 3.43. The minimum Gasteiger partial charge on any atom is -1.00 e. The second-order valence-electron chi connectivity index (χ2n) is 2.15. The molecule has 62 valence electrons. The minimum atomic E-state index is -0.0248. The van der Waals surface area contributed by atoms with Gasteiger partial charge in [-0.25, -0.2) is 0 Å². The van der Waals surface area contributed by atoms with Crippen LogP contribution in [0, 0.1) is 0 Å². The Kier molecular flexibility index (Phi) is 3.96. The molecule has 0 saturated heterocycles. The van der Waals surface area contributed by atoms with Gasteiger partial charge in [-0.15, -0.1) is 0 Å². The van der Waals surface area contributed by atoms with Crippen molar-refractivity contribution in [1.82, 2.24) is 4.57 Å². The van der Waals surface area contributed by atoms with E-state index in [0.29, 0.717) is 0 Å². The average Bonchev–Trinajstić information content (AvgIpc) is 1.82. The summed E-state index contributed by atoms with van der Waals surface area (Å²) >= 11 is 3.27. The quantitative estimate of drug-likeness (QED) is 0.466. The topological polar surface area (TPSA) is 25.9 Å². The Morgan fingerprint density at radius 2 is 2.18 bits per heavy atom. The first-order valence-corrected chi connectivity index (χ1v) is 3.62. The van der Waals surface area contributed by atoms with E-state index in [1.165, 1.54) is 9.13 Å². The maximum atomic E-state index is 11.0. The summed E-state index contributed by atoms with van der Waals surface area (Å²) in [5.41, 5.74) is -0.0248. The number of aromatic nitrogens is 2. The molecule has 1 rings (SSSR count). The summed E-state index contributed by atoms with van der Waals surface area (Å²) in [5.74, 6) is 0. The van der Waals surface area contributed by atoms with Crippen LogP contribution in [0.5, 0.6) is 0 Å². The third kappa shape index (κ3) is 2.41. The summed E-state index contributed by atoms with van der Waals surface area (Å²) in [4.78, 5) is 11.0. The Morgan fingerprint density at radius 3 is 2.64 bits per heavy atom. The molecule has 0 aromatic carbocycles. The van der Waals surface area contributed by atoms with Gasteiger partial charge in [0.2, 0.25) is 0 Å². The lowest BCUT2D eigenvalue weighted by molar-refractivity contribution is -0.691. The summed E-state index contributed by atoms with van der Waals surface area (Å²) < 4.78 is 3.94. The van der Waals surface area contributed by atoms with Gasteiger partial charge in [-0.1, -0.05) is 0 Å². The highest BCUT2D eigenvalue weighted by atomic mass is 79.9. The van der Waals surface area contributed by atoms with Crippen molar-refractivity contribution in [2.75, 3.05) is 0 Å². The molecule has 11 heavy (non-hydrogen) atoms. The molecule has 0 aliphatic rings. The third-order valence-electron chi connectivity index (χ3n) is 1.24. The first-order chi connectivity index (χ1) is 4.61. The van der Waals surface area contributed by atoms with E-state index < -0.39 is 0 Å². The van der Waals surface area contributed by atoms with E-state index in [2.05, 4.69) is 15.9 Å². The Labute approximate surface area is 83.6 Å². The van der Waals surface area contributed by atoms with Crippen LogP contribution in [0.3, 0.4) is 0 Å². The number of aryl methyl sites for hydroxylation is 2. The number of nitrogens with zero attached hydrogens (tertiary/aromatic N) is 2. The number of halogens is 2. The van der Waals surface area contributed by atoms with Crippen LogP contribution in [0.2, 0.25) is 0 Å². The van der Waals surface area contributed by atoms with Crippen LogP contribution in [0.15, 0.2) is 21.7 Å². The fraction of sp³-hybridized carbons (Fsp3) is 0.333. The van der Waals surface area contributed by atoms with Gasteiger partial charge in [0.1, 0.15) is 12.4 Å². The summed E-state index contributed by atoms with van der Waals surface area (Å²) in [6.45, 7) is 0. The van der Waals surface area contributed by atoms with Crippen LogP contribution in [0.4, 0.5) is 0 Å². The monoisotopic (exact) mass is 282 g/mol. The van der Waals surface area contributed by atoms with Gasteiger partial charge in [-0.3, -0.25) is 0 Å². The predicted molar refractivity (Wildman–Crippen MR) is 40.6 cm³/mol. The maximum Gasteiger partial charge on any atom is 0.497 e. The Balaban J connectivity index is 0.000001000.